The fourth-order valence-electron chi connectivity index (χ4n) is 0.861. The first kappa shape index (κ1) is 11.0. The second-order valence-corrected chi connectivity index (χ2v) is 3.08. The van der Waals surface area contributed by atoms with E-state index < -0.39 is 0 Å². The standard InChI is InChI=1S/C9H16N2O3/c1-7(2)12-3-4-13-9-11-8(5-10)6-14-9/h6-7H,3-5,10H2,1-2H3. The molecule has 0 radical (unpaired) electrons. The fourth-order valence-corrected chi connectivity index (χ4v) is 0.861. The average molecular weight is 200 g/mol. The zero-order valence-corrected chi connectivity index (χ0v) is 8.53. The lowest BCUT2D eigenvalue weighted by molar-refractivity contribution is 0.0480. The zero-order valence-electron chi connectivity index (χ0n) is 8.53. The highest BCUT2D eigenvalue weighted by Crippen LogP contribution is 2.08. The highest BCUT2D eigenvalue weighted by atomic mass is 16.6. The molecule has 0 bridgehead atoms. The highest BCUT2D eigenvalue weighted by Gasteiger charge is 2.03. The smallest absolute Gasteiger partial charge is 0.393 e. The van der Waals surface area contributed by atoms with Crippen LogP contribution in [0.3, 0.4) is 0 Å². The molecule has 0 fully saturated rings. The molecule has 0 aliphatic heterocycles. The van der Waals surface area contributed by atoms with Gasteiger partial charge >= 0.3 is 6.08 Å². The van der Waals surface area contributed by atoms with Crippen molar-refractivity contribution < 1.29 is 13.9 Å². The van der Waals surface area contributed by atoms with Gasteiger partial charge < -0.3 is 19.6 Å². The third-order valence-corrected chi connectivity index (χ3v) is 1.50. The van der Waals surface area contributed by atoms with Gasteiger partial charge in [0.2, 0.25) is 0 Å². The zero-order chi connectivity index (χ0) is 10.4. The quantitative estimate of drug-likeness (QED) is 0.692. The molecule has 0 unspecified atom stereocenters. The molecular weight excluding hydrogens is 184 g/mol. The van der Waals surface area contributed by atoms with E-state index in [0.717, 1.165) is 0 Å². The Labute approximate surface area is 83.2 Å². The number of rotatable bonds is 6. The molecule has 0 aliphatic rings. The Hall–Kier alpha value is -1.07. The number of hydrogen-bond acceptors (Lipinski definition) is 5. The van der Waals surface area contributed by atoms with Crippen molar-refractivity contribution in [1.82, 2.24) is 4.98 Å². The minimum atomic E-state index is 0.211. The van der Waals surface area contributed by atoms with E-state index in [2.05, 4.69) is 4.98 Å². The number of ether oxygens (including phenoxy) is 2. The molecular formula is C9H16N2O3. The first-order chi connectivity index (χ1) is 6.72. The van der Waals surface area contributed by atoms with Gasteiger partial charge in [-0.15, -0.1) is 0 Å². The molecule has 1 rings (SSSR count). The van der Waals surface area contributed by atoms with Gasteiger partial charge in [-0.05, 0) is 13.8 Å². The van der Waals surface area contributed by atoms with Crippen LogP contribution in [0, 0.1) is 0 Å². The van der Waals surface area contributed by atoms with Gasteiger partial charge in [0.05, 0.1) is 18.4 Å². The molecule has 1 heterocycles. The van der Waals surface area contributed by atoms with Crippen LogP contribution < -0.4 is 10.5 Å². The van der Waals surface area contributed by atoms with Crippen molar-refractivity contribution in [3.8, 4) is 6.08 Å². The van der Waals surface area contributed by atoms with Crippen LogP contribution in [-0.2, 0) is 11.3 Å². The van der Waals surface area contributed by atoms with Crippen molar-refractivity contribution in [3.05, 3.63) is 12.0 Å². The fraction of sp³-hybridized carbons (Fsp3) is 0.667. The summed E-state index contributed by atoms with van der Waals surface area (Å²) >= 11 is 0. The van der Waals surface area contributed by atoms with Gasteiger partial charge in [-0.3, -0.25) is 0 Å². The topological polar surface area (TPSA) is 70.5 Å². The van der Waals surface area contributed by atoms with Crippen molar-refractivity contribution in [2.45, 2.75) is 26.5 Å². The van der Waals surface area contributed by atoms with Gasteiger partial charge in [0.1, 0.15) is 12.9 Å². The van der Waals surface area contributed by atoms with Crippen molar-refractivity contribution in [3.63, 3.8) is 0 Å². The Morgan fingerprint density at radius 1 is 1.50 bits per heavy atom. The summed E-state index contributed by atoms with van der Waals surface area (Å²) in [5.41, 5.74) is 6.04. The Bertz CT molecular complexity index is 260. The summed E-state index contributed by atoms with van der Waals surface area (Å²) in [6.07, 6.45) is 1.94. The second-order valence-electron chi connectivity index (χ2n) is 3.08. The van der Waals surface area contributed by atoms with E-state index in [1.807, 2.05) is 13.8 Å². The third kappa shape index (κ3) is 3.76. The predicted octanol–water partition coefficient (Wildman–Crippen LogP) is 0.937. The molecule has 0 aliphatic carbocycles. The number of aromatic nitrogens is 1. The summed E-state index contributed by atoms with van der Waals surface area (Å²) in [5, 5.41) is 0. The summed E-state index contributed by atoms with van der Waals surface area (Å²) in [4.78, 5) is 3.98. The monoisotopic (exact) mass is 200 g/mol. The van der Waals surface area contributed by atoms with E-state index in [9.17, 15) is 0 Å². The molecule has 1 aromatic heterocycles. The summed E-state index contributed by atoms with van der Waals surface area (Å²) in [7, 11) is 0. The first-order valence-electron chi connectivity index (χ1n) is 4.61. The van der Waals surface area contributed by atoms with Gasteiger partial charge in [-0.25, -0.2) is 0 Å². The third-order valence-electron chi connectivity index (χ3n) is 1.50. The van der Waals surface area contributed by atoms with E-state index in [4.69, 9.17) is 19.6 Å². The van der Waals surface area contributed by atoms with Crippen LogP contribution in [0.25, 0.3) is 0 Å². The number of hydrogen-bond donors (Lipinski definition) is 1. The Morgan fingerprint density at radius 2 is 2.29 bits per heavy atom. The molecule has 0 atom stereocenters. The lowest BCUT2D eigenvalue weighted by Crippen LogP contribution is -2.11. The van der Waals surface area contributed by atoms with Crippen LogP contribution in [-0.4, -0.2) is 24.3 Å². The molecule has 14 heavy (non-hydrogen) atoms. The Morgan fingerprint density at radius 3 is 2.86 bits per heavy atom. The van der Waals surface area contributed by atoms with Crippen LogP contribution in [0.2, 0.25) is 0 Å². The first-order valence-corrected chi connectivity index (χ1v) is 4.61. The summed E-state index contributed by atoms with van der Waals surface area (Å²) in [6, 6.07) is 0. The van der Waals surface area contributed by atoms with Gasteiger partial charge in [-0.1, -0.05) is 0 Å². The van der Waals surface area contributed by atoms with Crippen molar-refractivity contribution in [1.29, 1.82) is 0 Å². The van der Waals surface area contributed by atoms with Crippen molar-refractivity contribution in [2.75, 3.05) is 13.2 Å². The van der Waals surface area contributed by atoms with Crippen LogP contribution in [0.15, 0.2) is 10.7 Å². The van der Waals surface area contributed by atoms with E-state index in [1.54, 1.807) is 0 Å². The number of oxazole rings is 1. The lowest BCUT2D eigenvalue weighted by atomic mass is 10.5. The van der Waals surface area contributed by atoms with Crippen molar-refractivity contribution >= 4 is 0 Å². The van der Waals surface area contributed by atoms with Gasteiger partial charge in [0.25, 0.3) is 0 Å². The van der Waals surface area contributed by atoms with E-state index in [0.29, 0.717) is 25.5 Å². The maximum Gasteiger partial charge on any atom is 0.393 e. The van der Waals surface area contributed by atoms with Crippen LogP contribution in [0.1, 0.15) is 19.5 Å². The summed E-state index contributed by atoms with van der Waals surface area (Å²) in [6.45, 7) is 5.26. The lowest BCUT2D eigenvalue weighted by Gasteiger charge is -2.06. The van der Waals surface area contributed by atoms with Crippen molar-refractivity contribution in [2.24, 2.45) is 5.73 Å². The van der Waals surface area contributed by atoms with E-state index in [1.165, 1.54) is 6.26 Å². The molecule has 5 nitrogen and oxygen atoms in total. The minimum Gasteiger partial charge on any atom is -0.448 e. The molecule has 1 aromatic rings. The SMILES string of the molecule is CC(C)OCCOc1nc(CN)co1. The largest absolute Gasteiger partial charge is 0.448 e. The molecule has 0 saturated heterocycles. The molecule has 80 valence electrons. The molecule has 0 amide bonds. The van der Waals surface area contributed by atoms with Gasteiger partial charge in [0.15, 0.2) is 0 Å². The van der Waals surface area contributed by atoms with Gasteiger partial charge in [-0.2, -0.15) is 4.98 Å². The summed E-state index contributed by atoms with van der Waals surface area (Å²) < 4.78 is 15.5. The van der Waals surface area contributed by atoms with Crippen LogP contribution in [0.5, 0.6) is 6.08 Å². The van der Waals surface area contributed by atoms with Crippen LogP contribution in [0.4, 0.5) is 0 Å². The van der Waals surface area contributed by atoms with Gasteiger partial charge in [0, 0.05) is 6.54 Å². The maximum atomic E-state index is 5.35. The maximum absolute atomic E-state index is 5.35. The van der Waals surface area contributed by atoms with E-state index in [-0.39, 0.29) is 12.2 Å². The highest BCUT2D eigenvalue weighted by molar-refractivity contribution is 4.98. The molecule has 0 spiro atoms. The number of nitrogens with two attached hydrogens (primary N) is 1. The molecule has 2 N–H and O–H groups in total. The Kier molecular flexibility index (Phi) is 4.42. The minimum absolute atomic E-state index is 0.211. The molecule has 0 saturated carbocycles. The molecule has 5 heteroatoms. The predicted molar refractivity (Wildman–Crippen MR) is 51.0 cm³/mol. The molecule has 0 aromatic carbocycles. The second kappa shape index (κ2) is 5.62. The normalized spacial score (nSPS) is 10.9. The van der Waals surface area contributed by atoms with E-state index >= 15 is 0 Å². The number of nitrogens with zero attached hydrogens (tertiary/aromatic N) is 1. The summed E-state index contributed by atoms with van der Waals surface area (Å²) in [5.74, 6) is 0. The van der Waals surface area contributed by atoms with Crippen LogP contribution >= 0.6 is 0 Å². The average Bonchev–Trinajstić information content (AvgIpc) is 2.60. The Balaban J connectivity index is 2.18.